The van der Waals surface area contributed by atoms with E-state index in [0.29, 0.717) is 11.4 Å². The highest BCUT2D eigenvalue weighted by Gasteiger charge is 2.06. The molecule has 0 aliphatic carbocycles. The Morgan fingerprint density at radius 2 is 2.38 bits per heavy atom. The maximum absolute atomic E-state index is 10.9. The van der Waals surface area contributed by atoms with Crippen LogP contribution < -0.4 is 5.73 Å². The molecule has 0 bridgehead atoms. The van der Waals surface area contributed by atoms with Gasteiger partial charge in [-0.15, -0.1) is 0 Å². The van der Waals surface area contributed by atoms with E-state index in [1.807, 2.05) is 6.92 Å². The fraction of sp³-hybridized carbons (Fsp3) is 0.333. The van der Waals surface area contributed by atoms with Crippen LogP contribution >= 0.6 is 0 Å². The van der Waals surface area contributed by atoms with Crippen LogP contribution in [0.15, 0.2) is 12.3 Å². The lowest BCUT2D eigenvalue weighted by Gasteiger charge is -2.03. The third kappa shape index (κ3) is 2.43. The standard InChI is InChI=1S/C9H12N2O2/c1-6-3-7(10)5-11-8(6)4-9(12)13-2/h3,5H,4,10H2,1-2H3. The van der Waals surface area contributed by atoms with Crippen molar-refractivity contribution in [3.05, 3.63) is 23.5 Å². The molecule has 70 valence electrons. The Hall–Kier alpha value is -1.58. The number of hydrogen-bond donors (Lipinski definition) is 1. The van der Waals surface area contributed by atoms with Gasteiger partial charge in [-0.25, -0.2) is 0 Å². The molecule has 1 rings (SSSR count). The van der Waals surface area contributed by atoms with Crippen LogP contribution in [-0.4, -0.2) is 18.1 Å². The van der Waals surface area contributed by atoms with Crippen LogP contribution in [-0.2, 0) is 16.0 Å². The molecule has 0 radical (unpaired) electrons. The quantitative estimate of drug-likeness (QED) is 0.680. The minimum Gasteiger partial charge on any atom is -0.469 e. The van der Waals surface area contributed by atoms with Gasteiger partial charge in [0, 0.05) is 0 Å². The maximum Gasteiger partial charge on any atom is 0.311 e. The van der Waals surface area contributed by atoms with Gasteiger partial charge in [0.05, 0.1) is 31.1 Å². The number of carbonyl (C=O) groups is 1. The summed E-state index contributed by atoms with van der Waals surface area (Å²) in [6.45, 7) is 1.86. The smallest absolute Gasteiger partial charge is 0.311 e. The number of carbonyl (C=O) groups excluding carboxylic acids is 1. The monoisotopic (exact) mass is 180 g/mol. The summed E-state index contributed by atoms with van der Waals surface area (Å²) in [5.74, 6) is -0.291. The van der Waals surface area contributed by atoms with E-state index in [4.69, 9.17) is 5.73 Å². The number of aromatic nitrogens is 1. The van der Waals surface area contributed by atoms with Crippen molar-refractivity contribution in [2.45, 2.75) is 13.3 Å². The van der Waals surface area contributed by atoms with Crippen LogP contribution in [0.25, 0.3) is 0 Å². The number of esters is 1. The van der Waals surface area contributed by atoms with Gasteiger partial charge >= 0.3 is 5.97 Å². The molecular weight excluding hydrogens is 168 g/mol. The predicted molar refractivity (Wildman–Crippen MR) is 49.1 cm³/mol. The Kier molecular flexibility index (Phi) is 2.84. The van der Waals surface area contributed by atoms with Gasteiger partial charge in [-0.05, 0) is 18.6 Å². The molecule has 1 aromatic heterocycles. The first-order valence-corrected chi connectivity index (χ1v) is 3.91. The number of pyridine rings is 1. The summed E-state index contributed by atoms with van der Waals surface area (Å²) in [4.78, 5) is 15.0. The van der Waals surface area contributed by atoms with Crippen molar-refractivity contribution in [3.8, 4) is 0 Å². The topological polar surface area (TPSA) is 65.2 Å². The summed E-state index contributed by atoms with van der Waals surface area (Å²) in [6.07, 6.45) is 1.73. The van der Waals surface area contributed by atoms with Gasteiger partial charge in [-0.3, -0.25) is 9.78 Å². The van der Waals surface area contributed by atoms with Crippen LogP contribution in [0, 0.1) is 6.92 Å². The molecule has 0 atom stereocenters. The molecule has 1 heterocycles. The van der Waals surface area contributed by atoms with Crippen LogP contribution in [0.4, 0.5) is 5.69 Å². The van der Waals surface area contributed by atoms with E-state index in [2.05, 4.69) is 9.72 Å². The normalized spacial score (nSPS) is 9.69. The molecule has 0 saturated carbocycles. The highest BCUT2D eigenvalue weighted by atomic mass is 16.5. The zero-order valence-electron chi connectivity index (χ0n) is 7.70. The van der Waals surface area contributed by atoms with Crippen LogP contribution in [0.5, 0.6) is 0 Å². The molecule has 0 aliphatic heterocycles. The molecule has 13 heavy (non-hydrogen) atoms. The molecule has 1 aromatic rings. The summed E-state index contributed by atoms with van der Waals surface area (Å²) in [5, 5.41) is 0. The number of hydrogen-bond acceptors (Lipinski definition) is 4. The van der Waals surface area contributed by atoms with Crippen molar-refractivity contribution < 1.29 is 9.53 Å². The number of nitrogens with two attached hydrogens (primary N) is 1. The summed E-state index contributed by atoms with van der Waals surface area (Å²) >= 11 is 0. The molecule has 0 unspecified atom stereocenters. The number of nitrogens with zero attached hydrogens (tertiary/aromatic N) is 1. The van der Waals surface area contributed by atoms with E-state index in [1.165, 1.54) is 13.3 Å². The molecule has 0 aromatic carbocycles. The van der Waals surface area contributed by atoms with Crippen molar-refractivity contribution in [1.29, 1.82) is 0 Å². The summed E-state index contributed by atoms with van der Waals surface area (Å²) in [5.41, 5.74) is 7.73. The lowest BCUT2D eigenvalue weighted by Crippen LogP contribution is -2.07. The number of aryl methyl sites for hydroxylation is 1. The zero-order valence-corrected chi connectivity index (χ0v) is 7.70. The second kappa shape index (κ2) is 3.89. The number of anilines is 1. The van der Waals surface area contributed by atoms with Crippen molar-refractivity contribution in [2.24, 2.45) is 0 Å². The first kappa shape index (κ1) is 9.51. The van der Waals surface area contributed by atoms with Crippen molar-refractivity contribution >= 4 is 11.7 Å². The molecular formula is C9H12N2O2. The molecule has 0 saturated heterocycles. The average molecular weight is 180 g/mol. The Bertz CT molecular complexity index is 323. The van der Waals surface area contributed by atoms with E-state index >= 15 is 0 Å². The second-order valence-corrected chi connectivity index (χ2v) is 2.79. The molecule has 0 fully saturated rings. The minimum absolute atomic E-state index is 0.197. The fourth-order valence-corrected chi connectivity index (χ4v) is 1.02. The van der Waals surface area contributed by atoms with Crippen molar-refractivity contribution in [1.82, 2.24) is 4.98 Å². The SMILES string of the molecule is COC(=O)Cc1ncc(N)cc1C. The third-order valence-corrected chi connectivity index (χ3v) is 1.75. The molecule has 4 heteroatoms. The summed E-state index contributed by atoms with van der Waals surface area (Å²) in [7, 11) is 1.36. The second-order valence-electron chi connectivity index (χ2n) is 2.79. The predicted octanol–water partition coefficient (Wildman–Crippen LogP) is 0.688. The largest absolute Gasteiger partial charge is 0.469 e. The lowest BCUT2D eigenvalue weighted by molar-refractivity contribution is -0.139. The number of methoxy groups -OCH3 is 1. The van der Waals surface area contributed by atoms with Gasteiger partial charge in [-0.1, -0.05) is 0 Å². The molecule has 0 aliphatic rings. The van der Waals surface area contributed by atoms with E-state index < -0.39 is 0 Å². The highest BCUT2D eigenvalue weighted by molar-refractivity contribution is 5.72. The number of nitrogen functional groups attached to an aromatic ring is 1. The van der Waals surface area contributed by atoms with Crippen molar-refractivity contribution in [3.63, 3.8) is 0 Å². The Morgan fingerprint density at radius 1 is 1.69 bits per heavy atom. The van der Waals surface area contributed by atoms with Gasteiger partial charge in [0.25, 0.3) is 0 Å². The summed E-state index contributed by atoms with van der Waals surface area (Å²) < 4.78 is 4.53. The van der Waals surface area contributed by atoms with Crippen LogP contribution in [0.1, 0.15) is 11.3 Å². The highest BCUT2D eigenvalue weighted by Crippen LogP contribution is 2.09. The molecule has 0 amide bonds. The summed E-state index contributed by atoms with van der Waals surface area (Å²) in [6, 6.07) is 1.78. The lowest BCUT2D eigenvalue weighted by atomic mass is 10.1. The fourth-order valence-electron chi connectivity index (χ4n) is 1.02. The third-order valence-electron chi connectivity index (χ3n) is 1.75. The Labute approximate surface area is 76.7 Å². The average Bonchev–Trinajstić information content (AvgIpc) is 2.09. The van der Waals surface area contributed by atoms with Gasteiger partial charge in [-0.2, -0.15) is 0 Å². The minimum atomic E-state index is -0.291. The number of rotatable bonds is 2. The van der Waals surface area contributed by atoms with Crippen molar-refractivity contribution in [2.75, 3.05) is 12.8 Å². The molecule has 4 nitrogen and oxygen atoms in total. The Balaban J connectivity index is 2.83. The first-order valence-electron chi connectivity index (χ1n) is 3.91. The number of ether oxygens (including phenoxy) is 1. The molecule has 2 N–H and O–H groups in total. The zero-order chi connectivity index (χ0) is 9.84. The van der Waals surface area contributed by atoms with E-state index in [0.717, 1.165) is 5.56 Å². The van der Waals surface area contributed by atoms with Gasteiger partial charge in [0.2, 0.25) is 0 Å². The van der Waals surface area contributed by atoms with Crippen LogP contribution in [0.2, 0.25) is 0 Å². The van der Waals surface area contributed by atoms with Gasteiger partial charge in [0.1, 0.15) is 0 Å². The van der Waals surface area contributed by atoms with E-state index in [-0.39, 0.29) is 12.4 Å². The van der Waals surface area contributed by atoms with Gasteiger partial charge in [0.15, 0.2) is 0 Å². The molecule has 0 spiro atoms. The Morgan fingerprint density at radius 3 is 2.92 bits per heavy atom. The van der Waals surface area contributed by atoms with Gasteiger partial charge < -0.3 is 10.5 Å². The van der Waals surface area contributed by atoms with E-state index in [9.17, 15) is 4.79 Å². The maximum atomic E-state index is 10.9. The first-order chi connectivity index (χ1) is 6.13. The van der Waals surface area contributed by atoms with E-state index in [1.54, 1.807) is 6.07 Å². The van der Waals surface area contributed by atoms with Crippen LogP contribution in [0.3, 0.4) is 0 Å².